The van der Waals surface area contributed by atoms with Crippen LogP contribution in [0.15, 0.2) is 11.2 Å². The number of nitrogens with two attached hydrogens (primary N) is 1. The SMILES string of the molecule is CCc1nn(C)cc1CN=C(NN)NCCOC. The van der Waals surface area contributed by atoms with Crippen LogP contribution in [-0.4, -0.2) is 36.0 Å². The van der Waals surface area contributed by atoms with Crippen LogP contribution >= 0.6 is 0 Å². The summed E-state index contributed by atoms with van der Waals surface area (Å²) in [5, 5.41) is 7.41. The van der Waals surface area contributed by atoms with Crippen LogP contribution < -0.4 is 16.6 Å². The summed E-state index contributed by atoms with van der Waals surface area (Å²) in [7, 11) is 3.56. The first kappa shape index (κ1) is 14.5. The topological polar surface area (TPSA) is 89.5 Å². The molecular formula is C11H22N6O. The van der Waals surface area contributed by atoms with E-state index in [2.05, 4.69) is 27.8 Å². The standard InChI is InChI=1S/C11H22N6O/c1-4-10-9(8-17(2)16-10)7-14-11(15-12)13-5-6-18-3/h8H,4-7,12H2,1-3H3,(H2,13,14,15). The molecule has 1 aromatic heterocycles. The van der Waals surface area contributed by atoms with E-state index in [4.69, 9.17) is 10.6 Å². The van der Waals surface area contributed by atoms with Gasteiger partial charge in [0.25, 0.3) is 0 Å². The maximum atomic E-state index is 5.39. The molecule has 4 N–H and O–H groups in total. The first-order chi connectivity index (χ1) is 8.71. The van der Waals surface area contributed by atoms with Crippen LogP contribution in [0.5, 0.6) is 0 Å². The van der Waals surface area contributed by atoms with Gasteiger partial charge < -0.3 is 10.1 Å². The minimum atomic E-state index is 0.552. The molecule has 1 aromatic rings. The first-order valence-electron chi connectivity index (χ1n) is 5.96. The molecule has 102 valence electrons. The quantitative estimate of drug-likeness (QED) is 0.210. The van der Waals surface area contributed by atoms with Crippen LogP contribution in [0.4, 0.5) is 0 Å². The number of aliphatic imine (C=N–C) groups is 1. The van der Waals surface area contributed by atoms with Crippen molar-refractivity contribution in [3.63, 3.8) is 0 Å². The second-order valence-corrected chi connectivity index (χ2v) is 3.86. The molecule has 0 unspecified atom stereocenters. The van der Waals surface area contributed by atoms with Crippen LogP contribution in [0.3, 0.4) is 0 Å². The molecule has 0 radical (unpaired) electrons. The third-order valence-electron chi connectivity index (χ3n) is 2.47. The van der Waals surface area contributed by atoms with Gasteiger partial charge >= 0.3 is 0 Å². The highest BCUT2D eigenvalue weighted by molar-refractivity contribution is 5.79. The summed E-state index contributed by atoms with van der Waals surface area (Å²) in [4.78, 5) is 4.37. The van der Waals surface area contributed by atoms with Gasteiger partial charge in [-0.25, -0.2) is 10.8 Å². The molecule has 0 spiro atoms. The third kappa shape index (κ3) is 4.34. The molecule has 0 saturated heterocycles. The Morgan fingerprint density at radius 2 is 2.39 bits per heavy atom. The van der Waals surface area contributed by atoms with Crippen LogP contribution in [-0.2, 0) is 24.8 Å². The maximum Gasteiger partial charge on any atom is 0.206 e. The zero-order valence-electron chi connectivity index (χ0n) is 11.2. The molecule has 0 amide bonds. The Morgan fingerprint density at radius 3 is 3.00 bits per heavy atom. The van der Waals surface area contributed by atoms with Gasteiger partial charge in [-0.2, -0.15) is 5.10 Å². The summed E-state index contributed by atoms with van der Waals surface area (Å²) in [5.74, 6) is 5.94. The number of hydrazine groups is 1. The average Bonchev–Trinajstić information content (AvgIpc) is 2.74. The van der Waals surface area contributed by atoms with Gasteiger partial charge in [-0.1, -0.05) is 6.92 Å². The third-order valence-corrected chi connectivity index (χ3v) is 2.47. The number of guanidine groups is 1. The highest BCUT2D eigenvalue weighted by Gasteiger charge is 2.05. The predicted octanol–water partition coefficient (Wildman–Crippen LogP) is -0.462. The van der Waals surface area contributed by atoms with Gasteiger partial charge in [-0.15, -0.1) is 0 Å². The van der Waals surface area contributed by atoms with E-state index in [1.165, 1.54) is 0 Å². The minimum Gasteiger partial charge on any atom is -0.383 e. The van der Waals surface area contributed by atoms with Crippen molar-refractivity contribution in [2.75, 3.05) is 20.3 Å². The van der Waals surface area contributed by atoms with E-state index in [1.807, 2.05) is 13.2 Å². The molecule has 7 heteroatoms. The van der Waals surface area contributed by atoms with Gasteiger partial charge in [0.05, 0.1) is 18.8 Å². The van der Waals surface area contributed by atoms with E-state index >= 15 is 0 Å². The zero-order valence-corrected chi connectivity index (χ0v) is 11.2. The number of nitrogens with one attached hydrogen (secondary N) is 2. The molecule has 1 heterocycles. The van der Waals surface area contributed by atoms with E-state index < -0.39 is 0 Å². The fourth-order valence-electron chi connectivity index (χ4n) is 1.60. The lowest BCUT2D eigenvalue weighted by Crippen LogP contribution is -2.42. The molecule has 0 aliphatic carbocycles. The van der Waals surface area contributed by atoms with Crippen molar-refractivity contribution in [1.29, 1.82) is 0 Å². The molecule has 0 aliphatic rings. The van der Waals surface area contributed by atoms with Crippen molar-refractivity contribution < 1.29 is 4.74 Å². The van der Waals surface area contributed by atoms with Gasteiger partial charge in [0.15, 0.2) is 0 Å². The number of hydrogen-bond acceptors (Lipinski definition) is 4. The predicted molar refractivity (Wildman–Crippen MR) is 70.9 cm³/mol. The van der Waals surface area contributed by atoms with Crippen molar-refractivity contribution in [3.05, 3.63) is 17.5 Å². The van der Waals surface area contributed by atoms with Crippen LogP contribution in [0, 0.1) is 0 Å². The van der Waals surface area contributed by atoms with E-state index in [-0.39, 0.29) is 0 Å². The Kier molecular flexibility index (Phi) is 6.16. The molecule has 0 fully saturated rings. The van der Waals surface area contributed by atoms with Gasteiger partial charge in [0.2, 0.25) is 5.96 Å². The van der Waals surface area contributed by atoms with Crippen molar-refractivity contribution >= 4 is 5.96 Å². The molecular weight excluding hydrogens is 232 g/mol. The Labute approximate surface area is 107 Å². The number of aryl methyl sites for hydroxylation is 2. The molecule has 18 heavy (non-hydrogen) atoms. The summed E-state index contributed by atoms with van der Waals surface area (Å²) in [6.07, 6.45) is 2.87. The van der Waals surface area contributed by atoms with Crippen molar-refractivity contribution in [3.8, 4) is 0 Å². The monoisotopic (exact) mass is 254 g/mol. The van der Waals surface area contributed by atoms with E-state index in [0.29, 0.717) is 25.7 Å². The van der Waals surface area contributed by atoms with Crippen molar-refractivity contribution in [1.82, 2.24) is 20.5 Å². The van der Waals surface area contributed by atoms with Gasteiger partial charge in [0.1, 0.15) is 0 Å². The molecule has 1 rings (SSSR count). The van der Waals surface area contributed by atoms with Gasteiger partial charge in [-0.3, -0.25) is 10.1 Å². The fraction of sp³-hybridized carbons (Fsp3) is 0.636. The number of rotatable bonds is 6. The summed E-state index contributed by atoms with van der Waals surface area (Å²) in [5.41, 5.74) is 4.71. The van der Waals surface area contributed by atoms with Crippen LogP contribution in [0.25, 0.3) is 0 Å². The molecule has 0 bridgehead atoms. The smallest absolute Gasteiger partial charge is 0.206 e. The number of methoxy groups -OCH3 is 1. The lowest BCUT2D eigenvalue weighted by molar-refractivity contribution is 0.203. The number of nitrogens with zero attached hydrogens (tertiary/aromatic N) is 3. The Balaban J connectivity index is 2.58. The minimum absolute atomic E-state index is 0.552. The van der Waals surface area contributed by atoms with Crippen molar-refractivity contribution in [2.45, 2.75) is 19.9 Å². The highest BCUT2D eigenvalue weighted by Crippen LogP contribution is 2.08. The lowest BCUT2D eigenvalue weighted by Gasteiger charge is -2.08. The average molecular weight is 254 g/mol. The molecule has 7 nitrogen and oxygen atoms in total. The second-order valence-electron chi connectivity index (χ2n) is 3.86. The summed E-state index contributed by atoms with van der Waals surface area (Å²) < 4.78 is 6.74. The summed E-state index contributed by atoms with van der Waals surface area (Å²) in [6, 6.07) is 0. The normalized spacial score (nSPS) is 11.7. The molecule has 0 aromatic carbocycles. The van der Waals surface area contributed by atoms with E-state index in [0.717, 1.165) is 17.7 Å². The van der Waals surface area contributed by atoms with Crippen LogP contribution in [0.1, 0.15) is 18.2 Å². The largest absolute Gasteiger partial charge is 0.383 e. The molecule has 0 saturated carbocycles. The van der Waals surface area contributed by atoms with Crippen molar-refractivity contribution in [2.24, 2.45) is 17.9 Å². The molecule has 0 aliphatic heterocycles. The van der Waals surface area contributed by atoms with Gasteiger partial charge in [0, 0.05) is 32.5 Å². The lowest BCUT2D eigenvalue weighted by atomic mass is 10.2. The first-order valence-corrected chi connectivity index (χ1v) is 5.96. The zero-order chi connectivity index (χ0) is 13.4. The highest BCUT2D eigenvalue weighted by atomic mass is 16.5. The summed E-state index contributed by atoms with van der Waals surface area (Å²) >= 11 is 0. The van der Waals surface area contributed by atoms with E-state index in [9.17, 15) is 0 Å². The van der Waals surface area contributed by atoms with E-state index in [1.54, 1.807) is 11.8 Å². The summed E-state index contributed by atoms with van der Waals surface area (Å²) in [6.45, 7) is 3.89. The molecule has 0 atom stereocenters. The second kappa shape index (κ2) is 7.67. The Hall–Kier alpha value is -1.60. The Morgan fingerprint density at radius 1 is 1.61 bits per heavy atom. The van der Waals surface area contributed by atoms with Crippen LogP contribution in [0.2, 0.25) is 0 Å². The van der Waals surface area contributed by atoms with Gasteiger partial charge in [-0.05, 0) is 6.42 Å². The number of hydrogen-bond donors (Lipinski definition) is 3. The maximum absolute atomic E-state index is 5.39. The Bertz CT molecular complexity index is 387. The number of aromatic nitrogens is 2. The number of ether oxygens (including phenoxy) is 1. The fourth-order valence-corrected chi connectivity index (χ4v) is 1.60.